The number of nitrogens with one attached hydrogen (secondary N) is 2. The van der Waals surface area contributed by atoms with E-state index in [0.29, 0.717) is 30.6 Å². The highest BCUT2D eigenvalue weighted by molar-refractivity contribution is 6.06. The van der Waals surface area contributed by atoms with Crippen LogP contribution in [-0.2, 0) is 26.3 Å². The van der Waals surface area contributed by atoms with Gasteiger partial charge in [0.2, 0.25) is 11.5 Å². The van der Waals surface area contributed by atoms with E-state index >= 15 is 0 Å². The molecule has 0 radical (unpaired) electrons. The van der Waals surface area contributed by atoms with Crippen LogP contribution in [0.3, 0.4) is 0 Å². The minimum Gasteiger partial charge on any atom is -0.427 e. The number of ether oxygens (including phenoxy) is 1. The van der Waals surface area contributed by atoms with Crippen LogP contribution in [0.25, 0.3) is 0 Å². The van der Waals surface area contributed by atoms with Crippen LogP contribution < -0.4 is 10.6 Å². The lowest BCUT2D eigenvalue weighted by Crippen LogP contribution is -2.50. The number of benzene rings is 2. The third kappa shape index (κ3) is 3.40. The highest BCUT2D eigenvalue weighted by Gasteiger charge is 2.58. The highest BCUT2D eigenvalue weighted by atomic mass is 16.6. The Hall–Kier alpha value is -3.88. The van der Waals surface area contributed by atoms with Crippen molar-refractivity contribution in [1.29, 1.82) is 0 Å². The molecule has 1 aliphatic carbocycles. The summed E-state index contributed by atoms with van der Waals surface area (Å²) in [5.74, 6) is -0.788. The van der Waals surface area contributed by atoms with Crippen LogP contribution in [0, 0.1) is 0 Å². The van der Waals surface area contributed by atoms with Gasteiger partial charge in [-0.3, -0.25) is 9.59 Å². The molecule has 2 aliphatic heterocycles. The molecule has 2 aromatic carbocycles. The molecule has 3 aliphatic rings. The van der Waals surface area contributed by atoms with Crippen LogP contribution >= 0.6 is 0 Å². The molecule has 2 heterocycles. The quantitative estimate of drug-likeness (QED) is 0.747. The van der Waals surface area contributed by atoms with Gasteiger partial charge >= 0.3 is 12.1 Å². The zero-order valence-corrected chi connectivity index (χ0v) is 18.2. The van der Waals surface area contributed by atoms with E-state index in [4.69, 9.17) is 4.74 Å². The summed E-state index contributed by atoms with van der Waals surface area (Å²) < 4.78 is 5.61. The number of aryl methyl sites for hydroxylation is 1. The zero-order chi connectivity index (χ0) is 23.2. The Labute approximate surface area is 190 Å². The number of rotatable bonds is 4. The summed E-state index contributed by atoms with van der Waals surface area (Å²) in [6, 6.07) is 14.5. The minimum atomic E-state index is -1.41. The lowest BCUT2D eigenvalue weighted by molar-refractivity contribution is -0.145. The second-order valence-corrected chi connectivity index (χ2v) is 8.46. The molecule has 170 valence electrons. The molecule has 5 rings (SSSR count). The predicted molar refractivity (Wildman–Crippen MR) is 118 cm³/mol. The van der Waals surface area contributed by atoms with E-state index in [0.717, 1.165) is 22.4 Å². The number of likely N-dealkylation sites (tertiary alicyclic amines) is 1. The van der Waals surface area contributed by atoms with Crippen molar-refractivity contribution in [2.75, 3.05) is 25.5 Å². The maximum absolute atomic E-state index is 13.4. The summed E-state index contributed by atoms with van der Waals surface area (Å²) in [5, 5.41) is 5.18. The third-order valence-electron chi connectivity index (χ3n) is 6.66. The summed E-state index contributed by atoms with van der Waals surface area (Å²) in [5.41, 5.74) is 1.63. The third-order valence-corrected chi connectivity index (χ3v) is 6.66. The molecule has 0 aromatic heterocycles. The number of hydrogen-bond donors (Lipinski definition) is 2. The number of fused-ring (bicyclic) bond motifs is 2. The van der Waals surface area contributed by atoms with Gasteiger partial charge in [0, 0.05) is 31.3 Å². The van der Waals surface area contributed by atoms with Gasteiger partial charge in [0.15, 0.2) is 0 Å². The molecular weight excluding hydrogens is 424 g/mol. The fourth-order valence-electron chi connectivity index (χ4n) is 4.86. The number of nitrogens with zero attached hydrogens (tertiary/aromatic N) is 2. The van der Waals surface area contributed by atoms with Gasteiger partial charge in [-0.2, -0.15) is 0 Å². The molecule has 2 fully saturated rings. The maximum atomic E-state index is 13.4. The van der Waals surface area contributed by atoms with Crippen LogP contribution in [-0.4, -0.2) is 53.9 Å². The number of amides is 5. The molecule has 2 aromatic rings. The number of imide groups is 1. The molecule has 0 saturated carbocycles. The molecule has 2 saturated heterocycles. The minimum absolute atomic E-state index is 0.0418. The van der Waals surface area contributed by atoms with Crippen LogP contribution in [0.5, 0.6) is 0 Å². The van der Waals surface area contributed by atoms with E-state index in [1.807, 2.05) is 30.3 Å². The average Bonchev–Trinajstić information content (AvgIpc) is 3.26. The van der Waals surface area contributed by atoms with Crippen LogP contribution in [0.1, 0.15) is 35.6 Å². The van der Waals surface area contributed by atoms with Crippen molar-refractivity contribution in [1.82, 2.24) is 15.1 Å². The van der Waals surface area contributed by atoms with Crippen molar-refractivity contribution >= 4 is 29.6 Å². The Bertz CT molecular complexity index is 1150. The molecule has 9 nitrogen and oxygen atoms in total. The van der Waals surface area contributed by atoms with Crippen molar-refractivity contribution in [2.45, 2.75) is 30.9 Å². The van der Waals surface area contributed by atoms with Crippen LogP contribution in [0.15, 0.2) is 48.5 Å². The van der Waals surface area contributed by atoms with Crippen molar-refractivity contribution < 1.29 is 23.9 Å². The van der Waals surface area contributed by atoms with Gasteiger partial charge in [0.05, 0.1) is 6.04 Å². The van der Waals surface area contributed by atoms with Gasteiger partial charge in [0.25, 0.3) is 5.91 Å². The Morgan fingerprint density at radius 1 is 1.15 bits per heavy atom. The van der Waals surface area contributed by atoms with Crippen molar-refractivity contribution in [3.8, 4) is 0 Å². The van der Waals surface area contributed by atoms with E-state index in [-0.39, 0.29) is 24.5 Å². The first-order valence-electron chi connectivity index (χ1n) is 10.9. The highest BCUT2D eigenvalue weighted by Crippen LogP contribution is 2.46. The van der Waals surface area contributed by atoms with Crippen molar-refractivity contribution in [3.05, 3.63) is 65.2 Å². The fourth-order valence-corrected chi connectivity index (χ4v) is 4.86. The first-order valence-corrected chi connectivity index (χ1v) is 10.9. The topological polar surface area (TPSA) is 108 Å². The molecular formula is C24H24N4O5. The summed E-state index contributed by atoms with van der Waals surface area (Å²) in [6.45, 7) is 0.249. The summed E-state index contributed by atoms with van der Waals surface area (Å²) in [4.78, 5) is 53.2. The standard InChI is InChI=1S/C24H24N4O5/c1-25-22(31)26-17-7-8-18-16(13-17)9-11-24(18)21(30)28(23(32)33-24)14-20(29)27-12-10-19(27)15-5-3-2-4-6-15/h2-8,13,19H,9-12,14H2,1H3,(H2,25,26,31)/t19?,24-/m1/s1. The average molecular weight is 448 g/mol. The smallest absolute Gasteiger partial charge is 0.418 e. The second kappa shape index (κ2) is 7.91. The zero-order valence-electron chi connectivity index (χ0n) is 18.2. The Morgan fingerprint density at radius 2 is 1.94 bits per heavy atom. The lowest BCUT2D eigenvalue weighted by atomic mass is 9.94. The van der Waals surface area contributed by atoms with E-state index in [9.17, 15) is 19.2 Å². The predicted octanol–water partition coefficient (Wildman–Crippen LogP) is 2.53. The van der Waals surface area contributed by atoms with Gasteiger partial charge in [-0.25, -0.2) is 14.5 Å². The van der Waals surface area contributed by atoms with E-state index in [2.05, 4.69) is 10.6 Å². The number of carbonyl (C=O) groups excluding carboxylic acids is 4. The molecule has 2 N–H and O–H groups in total. The lowest BCUT2D eigenvalue weighted by Gasteiger charge is -2.41. The van der Waals surface area contributed by atoms with Crippen molar-refractivity contribution in [2.24, 2.45) is 0 Å². The molecule has 5 amide bonds. The molecule has 33 heavy (non-hydrogen) atoms. The number of urea groups is 1. The fraction of sp³-hybridized carbons (Fsp3) is 0.333. The molecule has 2 atom stereocenters. The first kappa shape index (κ1) is 21.0. The summed E-state index contributed by atoms with van der Waals surface area (Å²) in [7, 11) is 1.52. The Balaban J connectivity index is 1.32. The second-order valence-electron chi connectivity index (χ2n) is 8.46. The number of anilines is 1. The van der Waals surface area contributed by atoms with Crippen molar-refractivity contribution in [3.63, 3.8) is 0 Å². The van der Waals surface area contributed by atoms with E-state index in [1.165, 1.54) is 7.05 Å². The molecule has 0 bridgehead atoms. The summed E-state index contributed by atoms with van der Waals surface area (Å²) >= 11 is 0. The van der Waals surface area contributed by atoms with Gasteiger partial charge in [-0.05, 0) is 36.1 Å². The molecule has 1 unspecified atom stereocenters. The monoisotopic (exact) mass is 448 g/mol. The maximum Gasteiger partial charge on any atom is 0.418 e. The van der Waals surface area contributed by atoms with Crippen LogP contribution in [0.4, 0.5) is 15.3 Å². The van der Waals surface area contributed by atoms with Crippen LogP contribution in [0.2, 0.25) is 0 Å². The Morgan fingerprint density at radius 3 is 2.64 bits per heavy atom. The first-order chi connectivity index (χ1) is 15.9. The molecule has 9 heteroatoms. The SMILES string of the molecule is CNC(=O)Nc1ccc2c(c1)CC[C@@]21OC(=O)N(CC(=O)N2CCC2c2ccccc2)C1=O. The number of carbonyl (C=O) groups is 4. The van der Waals surface area contributed by atoms with E-state index < -0.39 is 17.6 Å². The number of hydrogen-bond acceptors (Lipinski definition) is 5. The van der Waals surface area contributed by atoms with Gasteiger partial charge < -0.3 is 20.3 Å². The Kier molecular flexibility index (Phi) is 5.03. The normalized spacial score (nSPS) is 23.2. The van der Waals surface area contributed by atoms with E-state index in [1.54, 1.807) is 23.1 Å². The summed E-state index contributed by atoms with van der Waals surface area (Å²) in [6.07, 6.45) is 0.863. The molecule has 1 spiro atoms. The van der Waals surface area contributed by atoms with Gasteiger partial charge in [-0.15, -0.1) is 0 Å². The van der Waals surface area contributed by atoms with Gasteiger partial charge in [0.1, 0.15) is 6.54 Å². The van der Waals surface area contributed by atoms with Gasteiger partial charge in [-0.1, -0.05) is 36.4 Å². The largest absolute Gasteiger partial charge is 0.427 e.